The number of morpholine rings is 1. The van der Waals surface area contributed by atoms with Gasteiger partial charge in [-0.1, -0.05) is 0 Å². The molecule has 6 rings (SSSR count). The second-order valence-electron chi connectivity index (χ2n) is 9.09. The number of nitrogens with one attached hydrogen (secondary N) is 1. The van der Waals surface area contributed by atoms with E-state index in [2.05, 4.69) is 15.1 Å². The van der Waals surface area contributed by atoms with Crippen LogP contribution in [0.25, 0.3) is 10.2 Å². The molecule has 0 bridgehead atoms. The molecule has 4 heterocycles. The third-order valence-electron chi connectivity index (χ3n) is 6.82. The molecule has 8 heteroatoms. The minimum Gasteiger partial charge on any atom is -0.379 e. The van der Waals surface area contributed by atoms with Gasteiger partial charge in [-0.05, 0) is 44.1 Å². The third kappa shape index (κ3) is 3.59. The van der Waals surface area contributed by atoms with Crippen molar-refractivity contribution < 1.29 is 9.53 Å². The van der Waals surface area contributed by atoms with Gasteiger partial charge in [-0.3, -0.25) is 9.69 Å². The summed E-state index contributed by atoms with van der Waals surface area (Å²) < 4.78 is 5.49. The van der Waals surface area contributed by atoms with E-state index in [0.717, 1.165) is 81.5 Å². The van der Waals surface area contributed by atoms with Crippen LogP contribution in [0.3, 0.4) is 0 Å². The average Bonchev–Trinajstić information content (AvgIpc) is 3.42. The van der Waals surface area contributed by atoms with Crippen LogP contribution in [0.5, 0.6) is 0 Å². The number of fused-ring (bicyclic) bond motifs is 3. The Morgan fingerprint density at radius 2 is 1.97 bits per heavy atom. The second kappa shape index (κ2) is 7.73. The fourth-order valence-corrected chi connectivity index (χ4v) is 6.38. The van der Waals surface area contributed by atoms with Crippen molar-refractivity contribution in [2.75, 3.05) is 38.2 Å². The van der Waals surface area contributed by atoms with Gasteiger partial charge in [0.05, 0.1) is 31.2 Å². The van der Waals surface area contributed by atoms with E-state index in [1.54, 1.807) is 0 Å². The number of thiophene rings is 1. The third-order valence-corrected chi connectivity index (χ3v) is 8.00. The quantitative estimate of drug-likeness (QED) is 0.791. The van der Waals surface area contributed by atoms with Crippen LogP contribution in [0.2, 0.25) is 0 Å². The number of carbonyl (C=O) groups excluding carboxylic acids is 1. The monoisotopic (exact) mass is 427 g/mol. The lowest BCUT2D eigenvalue weighted by atomic mass is 9.97. The van der Waals surface area contributed by atoms with Gasteiger partial charge in [0.1, 0.15) is 16.5 Å². The van der Waals surface area contributed by atoms with Gasteiger partial charge in [-0.15, -0.1) is 11.3 Å². The summed E-state index contributed by atoms with van der Waals surface area (Å²) in [7, 11) is 0. The van der Waals surface area contributed by atoms with Crippen molar-refractivity contribution in [3.8, 4) is 0 Å². The highest BCUT2D eigenvalue weighted by Gasteiger charge is 2.39. The molecule has 4 aliphatic rings. The van der Waals surface area contributed by atoms with Crippen LogP contribution < -0.4 is 5.32 Å². The number of anilines is 1. The molecule has 1 N–H and O–H groups in total. The molecule has 160 valence electrons. The van der Waals surface area contributed by atoms with Gasteiger partial charge in [0, 0.05) is 37.0 Å². The van der Waals surface area contributed by atoms with Gasteiger partial charge in [0.15, 0.2) is 0 Å². The topological polar surface area (TPSA) is 70.6 Å². The van der Waals surface area contributed by atoms with Crippen LogP contribution in [0.4, 0.5) is 5.82 Å². The molecule has 1 amide bonds. The van der Waals surface area contributed by atoms with Crippen molar-refractivity contribution in [3.63, 3.8) is 0 Å². The highest BCUT2D eigenvalue weighted by atomic mass is 32.1. The fourth-order valence-electron chi connectivity index (χ4n) is 5.10. The summed E-state index contributed by atoms with van der Waals surface area (Å²) in [4.78, 5) is 29.5. The van der Waals surface area contributed by atoms with Gasteiger partial charge in [0.25, 0.3) is 0 Å². The molecule has 2 aliphatic heterocycles. The van der Waals surface area contributed by atoms with Gasteiger partial charge >= 0.3 is 0 Å². The summed E-state index contributed by atoms with van der Waals surface area (Å²) in [5, 5.41) is 4.91. The van der Waals surface area contributed by atoms with E-state index in [-0.39, 0.29) is 6.04 Å². The van der Waals surface area contributed by atoms with Gasteiger partial charge < -0.3 is 15.0 Å². The predicted molar refractivity (Wildman–Crippen MR) is 117 cm³/mol. The molecule has 2 aliphatic carbocycles. The number of rotatable bonds is 5. The minimum absolute atomic E-state index is 0.145. The Morgan fingerprint density at radius 1 is 1.13 bits per heavy atom. The summed E-state index contributed by atoms with van der Waals surface area (Å²) >= 11 is 1.85. The molecule has 2 saturated heterocycles. The van der Waals surface area contributed by atoms with E-state index in [1.807, 2.05) is 11.3 Å². The molecule has 1 saturated carbocycles. The number of nitrogens with zero attached hydrogens (tertiary/aromatic N) is 4. The summed E-state index contributed by atoms with van der Waals surface area (Å²) in [6.07, 6.45) is 7.69. The van der Waals surface area contributed by atoms with Crippen LogP contribution in [0.15, 0.2) is 0 Å². The largest absolute Gasteiger partial charge is 0.379 e. The first-order chi connectivity index (χ1) is 14.7. The molecule has 0 aromatic carbocycles. The smallest absolute Gasteiger partial charge is 0.225 e. The maximum atomic E-state index is 12.5. The molecular weight excluding hydrogens is 398 g/mol. The standard InChI is InChI=1S/C22H29N5O2S/c28-19-11-14(12-27(19)15-5-6-15)23-21-20-16-3-1-2-4-17(16)30-22(20)25-18(24-21)13-26-7-9-29-10-8-26/h14-15H,1-13H2,(H,23,24,25). The number of amides is 1. The zero-order chi connectivity index (χ0) is 20.1. The molecule has 0 radical (unpaired) electrons. The van der Waals surface area contributed by atoms with E-state index < -0.39 is 0 Å². The summed E-state index contributed by atoms with van der Waals surface area (Å²) in [5.41, 5.74) is 1.45. The molecule has 1 atom stereocenters. The minimum atomic E-state index is 0.145. The second-order valence-corrected chi connectivity index (χ2v) is 10.2. The summed E-state index contributed by atoms with van der Waals surface area (Å²) in [6.45, 7) is 4.98. The molecule has 3 fully saturated rings. The maximum Gasteiger partial charge on any atom is 0.225 e. The molecule has 2 aromatic heterocycles. The van der Waals surface area contributed by atoms with E-state index in [0.29, 0.717) is 18.4 Å². The van der Waals surface area contributed by atoms with Gasteiger partial charge in [-0.2, -0.15) is 0 Å². The van der Waals surface area contributed by atoms with Crippen molar-refractivity contribution in [1.82, 2.24) is 19.8 Å². The fraction of sp³-hybridized carbons (Fsp3) is 0.682. The van der Waals surface area contributed by atoms with E-state index in [4.69, 9.17) is 14.7 Å². The lowest BCUT2D eigenvalue weighted by molar-refractivity contribution is -0.128. The van der Waals surface area contributed by atoms with E-state index in [1.165, 1.54) is 28.7 Å². The van der Waals surface area contributed by atoms with Crippen molar-refractivity contribution in [1.29, 1.82) is 0 Å². The van der Waals surface area contributed by atoms with E-state index >= 15 is 0 Å². The first-order valence-corrected chi connectivity index (χ1v) is 12.2. The van der Waals surface area contributed by atoms with Crippen LogP contribution in [-0.4, -0.2) is 70.6 Å². The van der Waals surface area contributed by atoms with Crippen molar-refractivity contribution in [2.45, 2.75) is 63.6 Å². The van der Waals surface area contributed by atoms with Crippen LogP contribution in [-0.2, 0) is 28.9 Å². The van der Waals surface area contributed by atoms with Crippen molar-refractivity contribution in [3.05, 3.63) is 16.3 Å². The number of likely N-dealkylation sites (tertiary alicyclic amines) is 1. The summed E-state index contributed by atoms with van der Waals surface area (Å²) in [6, 6.07) is 0.632. The first-order valence-electron chi connectivity index (χ1n) is 11.4. The molecule has 0 spiro atoms. The van der Waals surface area contributed by atoms with E-state index in [9.17, 15) is 4.79 Å². The van der Waals surface area contributed by atoms with Crippen molar-refractivity contribution in [2.24, 2.45) is 0 Å². The Hall–Kier alpha value is -1.77. The lowest BCUT2D eigenvalue weighted by Crippen LogP contribution is -2.36. The highest BCUT2D eigenvalue weighted by Crippen LogP contribution is 2.39. The lowest BCUT2D eigenvalue weighted by Gasteiger charge is -2.26. The number of aryl methyl sites for hydroxylation is 2. The first kappa shape index (κ1) is 19.0. The van der Waals surface area contributed by atoms with Gasteiger partial charge in [-0.25, -0.2) is 9.97 Å². The number of aromatic nitrogens is 2. The maximum absolute atomic E-state index is 12.5. The Labute approximate surface area is 180 Å². The zero-order valence-electron chi connectivity index (χ0n) is 17.4. The molecule has 30 heavy (non-hydrogen) atoms. The van der Waals surface area contributed by atoms with Crippen LogP contribution >= 0.6 is 11.3 Å². The predicted octanol–water partition coefficient (Wildman–Crippen LogP) is 2.58. The Balaban J connectivity index is 1.33. The average molecular weight is 428 g/mol. The highest BCUT2D eigenvalue weighted by molar-refractivity contribution is 7.19. The van der Waals surface area contributed by atoms with Gasteiger partial charge in [0.2, 0.25) is 5.91 Å². The molecular formula is C22H29N5O2S. The SMILES string of the molecule is O=C1CC(Nc2nc(CN3CCOCC3)nc3sc4c(c23)CCCC4)CN1C1CC1. The summed E-state index contributed by atoms with van der Waals surface area (Å²) in [5.74, 6) is 2.13. The number of ether oxygens (including phenoxy) is 1. The molecule has 2 aromatic rings. The van der Waals surface area contributed by atoms with Crippen molar-refractivity contribution >= 4 is 33.3 Å². The van der Waals surface area contributed by atoms with Crippen LogP contribution in [0, 0.1) is 0 Å². The Kier molecular flexibility index (Phi) is 4.88. The Morgan fingerprint density at radius 3 is 2.80 bits per heavy atom. The Bertz CT molecular complexity index is 966. The number of hydrogen-bond acceptors (Lipinski definition) is 7. The molecule has 7 nitrogen and oxygen atoms in total. The number of carbonyl (C=O) groups is 1. The molecule has 1 unspecified atom stereocenters. The number of hydrogen-bond donors (Lipinski definition) is 1. The van der Waals surface area contributed by atoms with Crippen LogP contribution in [0.1, 0.15) is 48.4 Å². The zero-order valence-corrected chi connectivity index (χ0v) is 18.2. The normalized spacial score (nSPS) is 25.1.